The van der Waals surface area contributed by atoms with Crippen molar-refractivity contribution in [1.82, 2.24) is 4.90 Å². The van der Waals surface area contributed by atoms with Crippen molar-refractivity contribution in [2.75, 3.05) is 20.6 Å². The Bertz CT molecular complexity index is 689. The molecule has 1 heterocycles. The van der Waals surface area contributed by atoms with Crippen LogP contribution in [-0.2, 0) is 0 Å². The van der Waals surface area contributed by atoms with Gasteiger partial charge in [-0.3, -0.25) is 0 Å². The van der Waals surface area contributed by atoms with E-state index in [0.717, 1.165) is 29.8 Å². The highest BCUT2D eigenvalue weighted by atomic mass is 35.5. The van der Waals surface area contributed by atoms with Crippen LogP contribution in [0.3, 0.4) is 0 Å². The van der Waals surface area contributed by atoms with E-state index in [-0.39, 0.29) is 5.92 Å². The Kier molecular flexibility index (Phi) is 5.32. The molecule has 122 valence electrons. The number of fused-ring (bicyclic) bond motifs is 2. The molecule has 0 fully saturated rings. The monoisotopic (exact) mass is 347 g/mol. The van der Waals surface area contributed by atoms with Gasteiger partial charge in [-0.05, 0) is 68.9 Å². The summed E-state index contributed by atoms with van der Waals surface area (Å²) in [6, 6.07) is 14.3. The quantitative estimate of drug-likeness (QED) is 0.845. The Balaban J connectivity index is 1.98. The van der Waals surface area contributed by atoms with Gasteiger partial charge in [-0.25, -0.2) is 0 Å². The van der Waals surface area contributed by atoms with E-state index in [2.05, 4.69) is 43.3 Å². The summed E-state index contributed by atoms with van der Waals surface area (Å²) in [7, 11) is 4.17. The summed E-state index contributed by atoms with van der Waals surface area (Å²) in [5.41, 5.74) is 2.20. The predicted octanol–water partition coefficient (Wildman–Crippen LogP) is 4.96. The Morgan fingerprint density at radius 1 is 1.09 bits per heavy atom. The van der Waals surface area contributed by atoms with Crippen LogP contribution in [0.25, 0.3) is 0 Å². The third kappa shape index (κ3) is 3.74. The zero-order valence-electron chi connectivity index (χ0n) is 13.5. The maximum Gasteiger partial charge on any atom is 0.0870 e. The number of rotatable bonds is 4. The van der Waals surface area contributed by atoms with E-state index in [4.69, 9.17) is 11.6 Å². The van der Waals surface area contributed by atoms with Gasteiger partial charge in [0.25, 0.3) is 0 Å². The summed E-state index contributed by atoms with van der Waals surface area (Å²) < 4.78 is 0. The average Bonchev–Trinajstić information content (AvgIpc) is 2.63. The molecule has 2 aromatic carbocycles. The van der Waals surface area contributed by atoms with Gasteiger partial charge in [0.15, 0.2) is 0 Å². The summed E-state index contributed by atoms with van der Waals surface area (Å²) >= 11 is 7.90. The molecule has 0 saturated heterocycles. The number of aliphatic hydroxyl groups is 1. The van der Waals surface area contributed by atoms with Crippen LogP contribution in [-0.4, -0.2) is 30.6 Å². The number of nitrogens with zero attached hydrogens (tertiary/aromatic N) is 1. The maximum atomic E-state index is 11.1. The van der Waals surface area contributed by atoms with Crippen molar-refractivity contribution in [3.8, 4) is 0 Å². The molecule has 0 aromatic heterocycles. The van der Waals surface area contributed by atoms with Crippen LogP contribution < -0.4 is 0 Å². The maximum absolute atomic E-state index is 11.1. The first kappa shape index (κ1) is 16.8. The Morgan fingerprint density at radius 3 is 2.61 bits per heavy atom. The molecule has 0 aliphatic carbocycles. The normalized spacial score (nSPS) is 20.0. The minimum Gasteiger partial charge on any atom is -0.388 e. The van der Waals surface area contributed by atoms with Gasteiger partial charge in [0.1, 0.15) is 0 Å². The molecule has 0 radical (unpaired) electrons. The van der Waals surface area contributed by atoms with Crippen molar-refractivity contribution in [3.05, 3.63) is 58.6 Å². The number of benzene rings is 2. The second-order valence-corrected chi connectivity index (χ2v) is 7.84. The molecule has 0 unspecified atom stereocenters. The van der Waals surface area contributed by atoms with Gasteiger partial charge < -0.3 is 10.0 Å². The molecular formula is C19H22ClNOS. The summed E-state index contributed by atoms with van der Waals surface area (Å²) in [6.45, 7) is 1.03. The summed E-state index contributed by atoms with van der Waals surface area (Å²) in [5, 5.41) is 11.7. The molecule has 23 heavy (non-hydrogen) atoms. The smallest absolute Gasteiger partial charge is 0.0870 e. The van der Waals surface area contributed by atoms with Crippen molar-refractivity contribution in [3.63, 3.8) is 0 Å². The van der Waals surface area contributed by atoms with E-state index in [1.165, 1.54) is 10.5 Å². The van der Waals surface area contributed by atoms with Gasteiger partial charge in [0.05, 0.1) is 6.10 Å². The molecule has 0 bridgehead atoms. The highest BCUT2D eigenvalue weighted by Crippen LogP contribution is 2.48. The molecule has 3 rings (SSSR count). The lowest BCUT2D eigenvalue weighted by molar-refractivity contribution is 0.135. The number of hydrogen-bond acceptors (Lipinski definition) is 3. The Hall–Kier alpha value is -1.00. The van der Waals surface area contributed by atoms with Crippen LogP contribution in [0.1, 0.15) is 36.0 Å². The number of halogens is 1. The van der Waals surface area contributed by atoms with Crippen LogP contribution >= 0.6 is 23.4 Å². The third-order valence-electron chi connectivity index (χ3n) is 4.33. The summed E-state index contributed by atoms with van der Waals surface area (Å²) in [4.78, 5) is 4.53. The van der Waals surface area contributed by atoms with E-state index in [1.807, 2.05) is 18.2 Å². The second kappa shape index (κ2) is 7.27. The van der Waals surface area contributed by atoms with Gasteiger partial charge in [-0.15, -0.1) is 0 Å². The van der Waals surface area contributed by atoms with Crippen LogP contribution in [0.2, 0.25) is 5.02 Å². The van der Waals surface area contributed by atoms with Crippen molar-refractivity contribution in [2.45, 2.75) is 34.7 Å². The van der Waals surface area contributed by atoms with Crippen molar-refractivity contribution in [1.29, 1.82) is 0 Å². The number of hydrogen-bond donors (Lipinski definition) is 1. The van der Waals surface area contributed by atoms with Gasteiger partial charge in [-0.2, -0.15) is 0 Å². The van der Waals surface area contributed by atoms with Gasteiger partial charge in [-0.1, -0.05) is 41.6 Å². The predicted molar refractivity (Wildman–Crippen MR) is 97.5 cm³/mol. The molecule has 2 nitrogen and oxygen atoms in total. The van der Waals surface area contributed by atoms with E-state index >= 15 is 0 Å². The van der Waals surface area contributed by atoms with Crippen molar-refractivity contribution in [2.24, 2.45) is 0 Å². The summed E-state index contributed by atoms with van der Waals surface area (Å²) in [5.74, 6) is 0.110. The first-order valence-electron chi connectivity index (χ1n) is 7.95. The van der Waals surface area contributed by atoms with Gasteiger partial charge >= 0.3 is 0 Å². The van der Waals surface area contributed by atoms with Crippen molar-refractivity contribution >= 4 is 23.4 Å². The van der Waals surface area contributed by atoms with Gasteiger partial charge in [0, 0.05) is 20.7 Å². The lowest BCUT2D eigenvalue weighted by Gasteiger charge is -2.24. The molecule has 2 atom stereocenters. The first-order valence-corrected chi connectivity index (χ1v) is 9.14. The Labute approximate surface area is 147 Å². The second-order valence-electron chi connectivity index (χ2n) is 6.32. The van der Waals surface area contributed by atoms with Crippen LogP contribution in [0, 0.1) is 0 Å². The van der Waals surface area contributed by atoms with Gasteiger partial charge in [0.2, 0.25) is 0 Å². The molecule has 4 heteroatoms. The lowest BCUT2D eigenvalue weighted by atomic mass is 9.85. The van der Waals surface area contributed by atoms with Crippen LogP contribution in [0.15, 0.2) is 52.3 Å². The molecule has 2 aromatic rings. The first-order chi connectivity index (χ1) is 11.1. The molecule has 0 saturated carbocycles. The van der Waals surface area contributed by atoms with E-state index < -0.39 is 6.10 Å². The fraction of sp³-hybridized carbons (Fsp3) is 0.368. The molecule has 1 N–H and O–H groups in total. The molecule has 0 amide bonds. The highest BCUT2D eigenvalue weighted by Gasteiger charge is 2.30. The standard InChI is InChI=1S/C19H22ClNOS/c1-21(2)11-5-7-15-14-6-3-4-8-17(14)23-18-10-9-13(20)12-16(18)19(15)22/h3-4,6,8-10,12,15,19,22H,5,7,11H2,1-2H3/t15-,19-/m0/s1. The SMILES string of the molecule is CN(C)CCC[C@H]1c2ccccc2Sc2ccc(Cl)cc2[C@H]1O. The van der Waals surface area contributed by atoms with Crippen molar-refractivity contribution < 1.29 is 5.11 Å². The minimum absolute atomic E-state index is 0.110. The van der Waals surface area contributed by atoms with E-state index in [1.54, 1.807) is 11.8 Å². The molecule has 1 aliphatic heterocycles. The lowest BCUT2D eigenvalue weighted by Crippen LogP contribution is -2.16. The van der Waals surface area contributed by atoms with E-state index in [0.29, 0.717) is 5.02 Å². The average molecular weight is 348 g/mol. The highest BCUT2D eigenvalue weighted by molar-refractivity contribution is 7.99. The van der Waals surface area contributed by atoms with Crippen LogP contribution in [0.4, 0.5) is 0 Å². The zero-order valence-corrected chi connectivity index (χ0v) is 15.1. The largest absolute Gasteiger partial charge is 0.388 e. The topological polar surface area (TPSA) is 23.5 Å². The molecule has 1 aliphatic rings. The van der Waals surface area contributed by atoms with E-state index in [9.17, 15) is 5.11 Å². The number of aliphatic hydroxyl groups excluding tert-OH is 1. The fourth-order valence-corrected chi connectivity index (χ4v) is 4.50. The van der Waals surface area contributed by atoms with Crippen LogP contribution in [0.5, 0.6) is 0 Å². The molecule has 0 spiro atoms. The minimum atomic E-state index is -0.512. The molecular weight excluding hydrogens is 326 g/mol. The third-order valence-corrected chi connectivity index (χ3v) is 5.75. The zero-order chi connectivity index (χ0) is 16.4. The summed E-state index contributed by atoms with van der Waals surface area (Å²) in [6.07, 6.45) is 1.51. The fourth-order valence-electron chi connectivity index (χ4n) is 3.17. The Morgan fingerprint density at radius 2 is 1.83 bits per heavy atom.